The summed E-state index contributed by atoms with van der Waals surface area (Å²) in [6.07, 6.45) is -2.48. The number of esters is 2. The van der Waals surface area contributed by atoms with Gasteiger partial charge in [-0.2, -0.15) is 0 Å². The van der Waals surface area contributed by atoms with Crippen LogP contribution in [0.2, 0.25) is 0 Å². The van der Waals surface area contributed by atoms with Crippen molar-refractivity contribution in [2.45, 2.75) is 0 Å². The molecule has 18 heavy (non-hydrogen) atoms. The molecule has 0 saturated heterocycles. The maximum Gasteiger partial charge on any atom is 0.412 e. The van der Waals surface area contributed by atoms with Gasteiger partial charge in [0.05, 0.1) is 11.1 Å². The van der Waals surface area contributed by atoms with Crippen molar-refractivity contribution in [3.05, 3.63) is 35.4 Å². The number of carbonyl (C=O) groups is 4. The maximum atomic E-state index is 11.2. The van der Waals surface area contributed by atoms with Crippen molar-refractivity contribution in [2.24, 2.45) is 11.5 Å². The summed E-state index contributed by atoms with van der Waals surface area (Å²) in [6.45, 7) is 0. The first-order valence-corrected chi connectivity index (χ1v) is 4.53. The van der Waals surface area contributed by atoms with Crippen LogP contribution in [0.3, 0.4) is 0 Å². The van der Waals surface area contributed by atoms with E-state index in [1.165, 1.54) is 24.3 Å². The van der Waals surface area contributed by atoms with Crippen molar-refractivity contribution in [2.75, 3.05) is 0 Å². The van der Waals surface area contributed by atoms with E-state index in [1.54, 1.807) is 0 Å². The molecule has 0 unspecified atom stereocenters. The fraction of sp³-hybridized carbons (Fsp3) is 0. The second kappa shape index (κ2) is 5.43. The number of benzene rings is 1. The minimum Gasteiger partial charge on any atom is -0.373 e. The highest BCUT2D eigenvalue weighted by Crippen LogP contribution is 2.07. The molecule has 1 aromatic rings. The minimum absolute atomic E-state index is 0.00410. The van der Waals surface area contributed by atoms with Crippen molar-refractivity contribution in [1.82, 2.24) is 0 Å². The van der Waals surface area contributed by atoms with Gasteiger partial charge in [0, 0.05) is 0 Å². The monoisotopic (exact) mass is 252 g/mol. The first-order chi connectivity index (χ1) is 8.40. The number of nitrogens with two attached hydrogens (primary N) is 2. The lowest BCUT2D eigenvalue weighted by atomic mass is 10.1. The zero-order valence-electron chi connectivity index (χ0n) is 8.91. The van der Waals surface area contributed by atoms with Gasteiger partial charge < -0.3 is 20.9 Å². The zero-order chi connectivity index (χ0) is 13.7. The molecule has 0 heterocycles. The molecule has 94 valence electrons. The molecule has 0 aliphatic carbocycles. The Labute approximate surface area is 100 Å². The van der Waals surface area contributed by atoms with Gasteiger partial charge in [0.25, 0.3) is 0 Å². The lowest BCUT2D eigenvalue weighted by Crippen LogP contribution is -2.19. The highest BCUT2D eigenvalue weighted by molar-refractivity contribution is 5.99. The Bertz CT molecular complexity index is 461. The van der Waals surface area contributed by atoms with Crippen LogP contribution in [0.5, 0.6) is 0 Å². The number of hydrogen-bond donors (Lipinski definition) is 2. The molecule has 0 bridgehead atoms. The quantitative estimate of drug-likeness (QED) is 0.567. The van der Waals surface area contributed by atoms with E-state index >= 15 is 0 Å². The molecule has 1 rings (SSSR count). The van der Waals surface area contributed by atoms with Crippen molar-refractivity contribution < 1.29 is 28.7 Å². The van der Waals surface area contributed by atoms with E-state index in [-0.39, 0.29) is 11.1 Å². The fourth-order valence-electron chi connectivity index (χ4n) is 1.04. The van der Waals surface area contributed by atoms with E-state index in [2.05, 4.69) is 20.9 Å². The van der Waals surface area contributed by atoms with E-state index in [0.717, 1.165) is 0 Å². The molecule has 0 radical (unpaired) electrons. The summed E-state index contributed by atoms with van der Waals surface area (Å²) < 4.78 is 8.22. The second-order valence-electron chi connectivity index (χ2n) is 2.99. The second-order valence-corrected chi connectivity index (χ2v) is 2.99. The molecule has 0 aromatic heterocycles. The van der Waals surface area contributed by atoms with Crippen LogP contribution in [0.1, 0.15) is 20.7 Å². The molecule has 0 atom stereocenters. The van der Waals surface area contributed by atoms with Crippen LogP contribution < -0.4 is 11.5 Å². The molecule has 0 aliphatic rings. The number of hydrogen-bond acceptors (Lipinski definition) is 6. The summed E-state index contributed by atoms with van der Waals surface area (Å²) >= 11 is 0. The molecule has 0 aliphatic heterocycles. The summed E-state index contributed by atoms with van der Waals surface area (Å²) in [6, 6.07) is 4.79. The number of ether oxygens (including phenoxy) is 2. The topological polar surface area (TPSA) is 139 Å². The van der Waals surface area contributed by atoms with Gasteiger partial charge in [0.15, 0.2) is 0 Å². The zero-order valence-corrected chi connectivity index (χ0v) is 8.91. The Morgan fingerprint density at radius 3 is 1.22 bits per heavy atom. The van der Waals surface area contributed by atoms with Crippen LogP contribution >= 0.6 is 0 Å². The number of primary amides is 2. The molecule has 1 aromatic carbocycles. The van der Waals surface area contributed by atoms with Gasteiger partial charge in [0.2, 0.25) is 0 Å². The molecule has 0 spiro atoms. The van der Waals surface area contributed by atoms with Crippen LogP contribution in [0.25, 0.3) is 0 Å². The average Bonchev–Trinajstić information content (AvgIpc) is 2.27. The van der Waals surface area contributed by atoms with Crippen LogP contribution in [0.15, 0.2) is 24.3 Å². The maximum absolute atomic E-state index is 11.2. The SMILES string of the molecule is NC(=O)OC(=O)c1ccc(C(=O)OC(N)=O)cc1. The van der Waals surface area contributed by atoms with E-state index in [9.17, 15) is 19.2 Å². The van der Waals surface area contributed by atoms with Crippen LogP contribution in [0, 0.1) is 0 Å². The largest absolute Gasteiger partial charge is 0.412 e. The molecule has 4 N–H and O–H groups in total. The van der Waals surface area contributed by atoms with Crippen molar-refractivity contribution in [3.8, 4) is 0 Å². The molecular weight excluding hydrogens is 244 g/mol. The molecular formula is C10H8N2O6. The van der Waals surface area contributed by atoms with E-state index in [1.807, 2.05) is 0 Å². The van der Waals surface area contributed by atoms with Crippen molar-refractivity contribution in [1.29, 1.82) is 0 Å². The normalized spacial score (nSPS) is 9.33. The molecule has 2 amide bonds. The number of carbonyl (C=O) groups excluding carboxylic acids is 4. The van der Waals surface area contributed by atoms with Crippen LogP contribution in [0.4, 0.5) is 9.59 Å². The van der Waals surface area contributed by atoms with Gasteiger partial charge in [-0.05, 0) is 24.3 Å². The smallest absolute Gasteiger partial charge is 0.373 e. The first kappa shape index (κ1) is 13.2. The van der Waals surface area contributed by atoms with Gasteiger partial charge in [0.1, 0.15) is 0 Å². The summed E-state index contributed by atoms with van der Waals surface area (Å²) in [5, 5.41) is 0. The predicted molar refractivity (Wildman–Crippen MR) is 56.4 cm³/mol. The summed E-state index contributed by atoms with van der Waals surface area (Å²) in [4.78, 5) is 43.1. The standard InChI is InChI=1S/C10H8N2O6/c11-9(15)17-7(13)5-1-2-6(4-3-5)8(14)18-10(12)16/h1-4H,(H2,11,15)(H2,12,16). The van der Waals surface area contributed by atoms with Crippen LogP contribution in [-0.4, -0.2) is 24.1 Å². The first-order valence-electron chi connectivity index (χ1n) is 4.53. The Hall–Kier alpha value is -2.90. The fourth-order valence-corrected chi connectivity index (χ4v) is 1.04. The Morgan fingerprint density at radius 2 is 1.00 bits per heavy atom. The van der Waals surface area contributed by atoms with Crippen molar-refractivity contribution >= 4 is 24.1 Å². The third-order valence-electron chi connectivity index (χ3n) is 1.74. The van der Waals surface area contributed by atoms with Gasteiger partial charge in [-0.15, -0.1) is 0 Å². The van der Waals surface area contributed by atoms with E-state index < -0.39 is 24.1 Å². The molecule has 8 nitrogen and oxygen atoms in total. The number of amides is 2. The summed E-state index contributed by atoms with van der Waals surface area (Å²) in [7, 11) is 0. The Morgan fingerprint density at radius 1 is 0.722 bits per heavy atom. The minimum atomic E-state index is -1.24. The third kappa shape index (κ3) is 3.59. The molecule has 8 heteroatoms. The van der Waals surface area contributed by atoms with Gasteiger partial charge >= 0.3 is 24.1 Å². The van der Waals surface area contributed by atoms with Crippen LogP contribution in [-0.2, 0) is 9.47 Å². The summed E-state index contributed by atoms with van der Waals surface area (Å²) in [5.41, 5.74) is 9.32. The third-order valence-corrected chi connectivity index (χ3v) is 1.74. The average molecular weight is 252 g/mol. The lowest BCUT2D eigenvalue weighted by molar-refractivity contribution is 0.0619. The number of rotatable bonds is 2. The molecule has 0 fully saturated rings. The lowest BCUT2D eigenvalue weighted by Gasteiger charge is -2.02. The van der Waals surface area contributed by atoms with E-state index in [4.69, 9.17) is 0 Å². The van der Waals surface area contributed by atoms with E-state index in [0.29, 0.717) is 0 Å². The highest BCUT2D eigenvalue weighted by atomic mass is 16.6. The van der Waals surface area contributed by atoms with Gasteiger partial charge in [-0.3, -0.25) is 0 Å². The summed E-state index contributed by atoms with van der Waals surface area (Å²) in [5.74, 6) is -1.92. The van der Waals surface area contributed by atoms with Gasteiger partial charge in [-0.25, -0.2) is 19.2 Å². The predicted octanol–water partition coefficient (Wildman–Crippen LogP) is 0.158. The molecule has 0 saturated carbocycles. The van der Waals surface area contributed by atoms with Crippen molar-refractivity contribution in [3.63, 3.8) is 0 Å². The Kier molecular flexibility index (Phi) is 3.98. The van der Waals surface area contributed by atoms with Gasteiger partial charge in [-0.1, -0.05) is 0 Å². The Balaban J connectivity index is 2.79. The highest BCUT2D eigenvalue weighted by Gasteiger charge is 2.13.